The number of thiophene rings is 1. The number of carbonyl (C=O) groups is 1. The molecule has 0 bridgehead atoms. The highest BCUT2D eigenvalue weighted by molar-refractivity contribution is 7.91. The van der Waals surface area contributed by atoms with Gasteiger partial charge in [-0.2, -0.15) is 5.10 Å². The van der Waals surface area contributed by atoms with Crippen molar-refractivity contribution in [2.75, 3.05) is 43.9 Å². The zero-order chi connectivity index (χ0) is 27.7. The van der Waals surface area contributed by atoms with Gasteiger partial charge < -0.3 is 10.2 Å². The average molecular weight is 568 g/mol. The van der Waals surface area contributed by atoms with Crippen LogP contribution in [-0.4, -0.2) is 89.1 Å². The summed E-state index contributed by atoms with van der Waals surface area (Å²) in [6, 6.07) is 9.59. The second kappa shape index (κ2) is 11.0. The van der Waals surface area contributed by atoms with E-state index in [0.717, 1.165) is 23.7 Å². The number of fused-ring (bicyclic) bond motifs is 1. The zero-order valence-corrected chi connectivity index (χ0v) is 24.2. The van der Waals surface area contributed by atoms with Crippen molar-refractivity contribution in [2.24, 2.45) is 0 Å². The molecular formula is C27H33N7O3S2. The van der Waals surface area contributed by atoms with Gasteiger partial charge in [0, 0.05) is 43.7 Å². The lowest BCUT2D eigenvalue weighted by Gasteiger charge is -2.39. The molecule has 1 fully saturated rings. The van der Waals surface area contributed by atoms with Crippen LogP contribution in [0.4, 0.5) is 5.82 Å². The predicted molar refractivity (Wildman–Crippen MR) is 155 cm³/mol. The van der Waals surface area contributed by atoms with E-state index < -0.39 is 15.1 Å². The molecule has 206 valence electrons. The van der Waals surface area contributed by atoms with E-state index >= 15 is 0 Å². The molecule has 12 heteroatoms. The van der Waals surface area contributed by atoms with E-state index in [-0.39, 0.29) is 11.9 Å². The molecule has 0 spiro atoms. The number of anilines is 1. The molecule has 0 aliphatic carbocycles. The summed E-state index contributed by atoms with van der Waals surface area (Å²) >= 11 is 1.61. The van der Waals surface area contributed by atoms with Gasteiger partial charge in [0.1, 0.15) is 5.82 Å². The SMILES string of the molecule is CCN(CC)[C@@H](C)CNC(=O)c1cc(-c2cnn3ccc(-c4cccs4)nc23)nc(N2CC(S(C)(=O)=O)C2)c1. The molecule has 0 aromatic carbocycles. The Morgan fingerprint density at radius 1 is 1.18 bits per heavy atom. The highest BCUT2D eigenvalue weighted by atomic mass is 32.2. The number of nitrogens with one attached hydrogen (secondary N) is 1. The van der Waals surface area contributed by atoms with Gasteiger partial charge >= 0.3 is 0 Å². The van der Waals surface area contributed by atoms with Crippen molar-refractivity contribution in [1.29, 1.82) is 0 Å². The first-order valence-electron chi connectivity index (χ1n) is 13.0. The van der Waals surface area contributed by atoms with Crippen LogP contribution in [-0.2, 0) is 9.84 Å². The third-order valence-electron chi connectivity index (χ3n) is 7.26. The Balaban J connectivity index is 1.50. The summed E-state index contributed by atoms with van der Waals surface area (Å²) in [6.07, 6.45) is 4.82. The minimum Gasteiger partial charge on any atom is -0.354 e. The normalized spacial score (nSPS) is 15.1. The second-order valence-electron chi connectivity index (χ2n) is 9.85. The zero-order valence-electron chi connectivity index (χ0n) is 22.5. The van der Waals surface area contributed by atoms with Crippen LogP contribution in [0.3, 0.4) is 0 Å². The Kier molecular flexibility index (Phi) is 7.70. The predicted octanol–water partition coefficient (Wildman–Crippen LogP) is 3.21. The van der Waals surface area contributed by atoms with Gasteiger partial charge in [0.05, 0.1) is 33.3 Å². The molecule has 39 heavy (non-hydrogen) atoms. The minimum atomic E-state index is -3.15. The second-order valence-corrected chi connectivity index (χ2v) is 13.1. The first-order valence-corrected chi connectivity index (χ1v) is 15.9. The number of amides is 1. The monoisotopic (exact) mass is 567 g/mol. The van der Waals surface area contributed by atoms with Crippen LogP contribution in [0, 0.1) is 0 Å². The number of hydrogen-bond donors (Lipinski definition) is 1. The molecule has 4 aromatic rings. The number of aromatic nitrogens is 4. The summed E-state index contributed by atoms with van der Waals surface area (Å²) in [5.41, 5.74) is 3.17. The molecule has 4 aromatic heterocycles. The van der Waals surface area contributed by atoms with Gasteiger partial charge in [-0.15, -0.1) is 11.3 Å². The van der Waals surface area contributed by atoms with Crippen molar-refractivity contribution < 1.29 is 13.2 Å². The Labute approximate surface area is 232 Å². The quantitative estimate of drug-likeness (QED) is 0.311. The molecule has 0 unspecified atom stereocenters. The van der Waals surface area contributed by atoms with Gasteiger partial charge in [0.15, 0.2) is 15.5 Å². The van der Waals surface area contributed by atoms with Crippen LogP contribution in [0.25, 0.3) is 27.5 Å². The molecular weight excluding hydrogens is 534 g/mol. The molecule has 0 saturated carbocycles. The van der Waals surface area contributed by atoms with Crippen LogP contribution in [0.1, 0.15) is 31.1 Å². The molecule has 1 saturated heterocycles. The lowest BCUT2D eigenvalue weighted by molar-refractivity contribution is 0.0938. The number of likely N-dealkylation sites (N-methyl/N-ethyl adjacent to an activating group) is 1. The lowest BCUT2D eigenvalue weighted by Crippen LogP contribution is -2.54. The van der Waals surface area contributed by atoms with E-state index in [4.69, 9.17) is 9.97 Å². The van der Waals surface area contributed by atoms with Gasteiger partial charge in [-0.25, -0.2) is 22.9 Å². The summed E-state index contributed by atoms with van der Waals surface area (Å²) in [5.74, 6) is 0.353. The first-order chi connectivity index (χ1) is 18.7. The molecule has 10 nitrogen and oxygen atoms in total. The number of rotatable bonds is 10. The number of pyridine rings is 1. The van der Waals surface area contributed by atoms with Crippen molar-refractivity contribution in [2.45, 2.75) is 32.1 Å². The van der Waals surface area contributed by atoms with Crippen molar-refractivity contribution in [3.8, 4) is 21.8 Å². The molecule has 0 radical (unpaired) electrons. The number of hydrogen-bond acceptors (Lipinski definition) is 9. The summed E-state index contributed by atoms with van der Waals surface area (Å²) in [5, 5.41) is 9.09. The Hall–Kier alpha value is -3.35. The Morgan fingerprint density at radius 3 is 2.62 bits per heavy atom. The van der Waals surface area contributed by atoms with Gasteiger partial charge in [-0.05, 0) is 49.7 Å². The van der Waals surface area contributed by atoms with Crippen LogP contribution in [0.2, 0.25) is 0 Å². The topological polar surface area (TPSA) is 113 Å². The maximum Gasteiger partial charge on any atom is 0.251 e. The highest BCUT2D eigenvalue weighted by Gasteiger charge is 2.35. The third kappa shape index (κ3) is 5.68. The fourth-order valence-electron chi connectivity index (χ4n) is 4.77. The van der Waals surface area contributed by atoms with Crippen molar-refractivity contribution in [3.05, 3.63) is 53.7 Å². The van der Waals surface area contributed by atoms with Gasteiger partial charge in [-0.3, -0.25) is 9.69 Å². The van der Waals surface area contributed by atoms with E-state index in [9.17, 15) is 13.2 Å². The van der Waals surface area contributed by atoms with E-state index in [1.54, 1.807) is 34.2 Å². The lowest BCUT2D eigenvalue weighted by atomic mass is 10.1. The molecule has 5 rings (SSSR count). The molecule has 1 atom stereocenters. The number of nitrogens with zero attached hydrogens (tertiary/aromatic N) is 6. The molecule has 1 amide bonds. The average Bonchev–Trinajstić information content (AvgIpc) is 3.56. The van der Waals surface area contributed by atoms with Gasteiger partial charge in [-0.1, -0.05) is 19.9 Å². The fraction of sp³-hybridized carbons (Fsp3) is 0.407. The van der Waals surface area contributed by atoms with Gasteiger partial charge in [0.2, 0.25) is 0 Å². The van der Waals surface area contributed by atoms with Crippen LogP contribution >= 0.6 is 11.3 Å². The van der Waals surface area contributed by atoms with Crippen LogP contribution in [0.5, 0.6) is 0 Å². The summed E-state index contributed by atoms with van der Waals surface area (Å²) in [4.78, 5) is 28.2. The Morgan fingerprint density at radius 2 is 1.95 bits per heavy atom. The largest absolute Gasteiger partial charge is 0.354 e. The van der Waals surface area contributed by atoms with E-state index in [0.29, 0.717) is 47.9 Å². The van der Waals surface area contributed by atoms with Crippen molar-refractivity contribution in [3.63, 3.8) is 0 Å². The van der Waals surface area contributed by atoms with E-state index in [2.05, 4.69) is 36.1 Å². The summed E-state index contributed by atoms with van der Waals surface area (Å²) in [7, 11) is -3.15. The number of carbonyl (C=O) groups excluding carboxylic acids is 1. The highest BCUT2D eigenvalue weighted by Crippen LogP contribution is 2.31. The number of sulfone groups is 1. The molecule has 5 heterocycles. The third-order valence-corrected chi connectivity index (χ3v) is 9.67. The first kappa shape index (κ1) is 27.2. The standard InChI is InChI=1S/C27H33N7O3S2/c1-5-32(6-2)18(3)14-28-27(35)19-12-23(30-25(13-19)33-16-20(17-33)39(4,36)37)21-15-29-34-10-9-22(31-26(21)34)24-8-7-11-38-24/h7-13,15,18,20H,5-6,14,16-17H2,1-4H3,(H,28,35)/t18-/m0/s1. The molecule has 1 aliphatic heterocycles. The molecule has 1 aliphatic rings. The smallest absolute Gasteiger partial charge is 0.251 e. The minimum absolute atomic E-state index is 0.190. The summed E-state index contributed by atoms with van der Waals surface area (Å²) < 4.78 is 25.7. The van der Waals surface area contributed by atoms with Crippen molar-refractivity contribution >= 4 is 38.5 Å². The van der Waals surface area contributed by atoms with E-state index in [1.807, 2.05) is 34.7 Å². The van der Waals surface area contributed by atoms with Gasteiger partial charge in [0.25, 0.3) is 5.91 Å². The maximum atomic E-state index is 13.3. The maximum absolute atomic E-state index is 13.3. The van der Waals surface area contributed by atoms with Crippen molar-refractivity contribution in [1.82, 2.24) is 29.8 Å². The van der Waals surface area contributed by atoms with Crippen LogP contribution in [0.15, 0.2) is 48.1 Å². The fourth-order valence-corrected chi connectivity index (χ4v) is 6.37. The van der Waals surface area contributed by atoms with E-state index in [1.165, 1.54) is 6.26 Å². The van der Waals surface area contributed by atoms with Crippen LogP contribution < -0.4 is 10.2 Å². The summed E-state index contributed by atoms with van der Waals surface area (Å²) in [6.45, 7) is 9.30. The Bertz CT molecular complexity index is 1570. The molecule has 1 N–H and O–H groups in total.